The van der Waals surface area contributed by atoms with Crippen LogP contribution in [0.4, 0.5) is 0 Å². The van der Waals surface area contributed by atoms with Gasteiger partial charge in [0.1, 0.15) is 13.2 Å². The molecule has 0 heterocycles. The fourth-order valence-electron chi connectivity index (χ4n) is 10.5. The van der Waals surface area contributed by atoms with E-state index in [9.17, 15) is 14.4 Å². The monoisotopic (exact) mass is 1110 g/mol. The van der Waals surface area contributed by atoms with E-state index in [-0.39, 0.29) is 31.1 Å². The summed E-state index contributed by atoms with van der Waals surface area (Å²) in [4.78, 5) is 38.5. The van der Waals surface area contributed by atoms with Crippen molar-refractivity contribution in [3.8, 4) is 0 Å². The summed E-state index contributed by atoms with van der Waals surface area (Å²) in [6, 6.07) is 0. The lowest BCUT2D eigenvalue weighted by Crippen LogP contribution is -2.30. The minimum Gasteiger partial charge on any atom is -0.462 e. The number of carbonyl (C=O) groups is 3. The average molecular weight is 1110 g/mol. The molecule has 79 heavy (non-hydrogen) atoms. The topological polar surface area (TPSA) is 78.9 Å². The molecule has 0 saturated heterocycles. The Kier molecular flexibility index (Phi) is 65.6. The highest BCUT2D eigenvalue weighted by atomic mass is 16.6. The first-order valence-electron chi connectivity index (χ1n) is 35.1. The summed E-state index contributed by atoms with van der Waals surface area (Å²) in [5.41, 5.74) is 0. The molecule has 0 rings (SSSR count). The Morgan fingerprint density at radius 3 is 0.709 bits per heavy atom. The van der Waals surface area contributed by atoms with Crippen LogP contribution in [0.1, 0.15) is 380 Å². The van der Waals surface area contributed by atoms with Crippen LogP contribution in [0.3, 0.4) is 0 Å². The van der Waals surface area contributed by atoms with Crippen molar-refractivity contribution >= 4 is 17.9 Å². The van der Waals surface area contributed by atoms with Crippen molar-refractivity contribution in [1.29, 1.82) is 0 Å². The lowest BCUT2D eigenvalue weighted by atomic mass is 10.0. The molecule has 462 valence electrons. The molecule has 0 aliphatic heterocycles. The van der Waals surface area contributed by atoms with Crippen molar-refractivity contribution in [1.82, 2.24) is 0 Å². The van der Waals surface area contributed by atoms with Crippen LogP contribution < -0.4 is 0 Å². The quantitative estimate of drug-likeness (QED) is 0.0261. The third-order valence-corrected chi connectivity index (χ3v) is 15.8. The highest BCUT2D eigenvalue weighted by Crippen LogP contribution is 2.18. The van der Waals surface area contributed by atoms with Crippen LogP contribution in [0, 0.1) is 0 Å². The van der Waals surface area contributed by atoms with Crippen LogP contribution in [-0.2, 0) is 28.6 Å². The van der Waals surface area contributed by atoms with Gasteiger partial charge in [0.15, 0.2) is 6.10 Å². The number of hydrogen-bond acceptors (Lipinski definition) is 6. The molecule has 0 aliphatic carbocycles. The van der Waals surface area contributed by atoms with Crippen molar-refractivity contribution in [2.45, 2.75) is 386 Å². The molecule has 0 radical (unpaired) electrons. The van der Waals surface area contributed by atoms with Crippen molar-refractivity contribution in [3.05, 3.63) is 48.6 Å². The molecule has 1 atom stereocenters. The van der Waals surface area contributed by atoms with E-state index < -0.39 is 6.10 Å². The molecule has 0 aromatic carbocycles. The van der Waals surface area contributed by atoms with Gasteiger partial charge < -0.3 is 14.2 Å². The molecule has 6 nitrogen and oxygen atoms in total. The zero-order valence-electron chi connectivity index (χ0n) is 53.2. The molecule has 0 aliphatic rings. The lowest BCUT2D eigenvalue weighted by Gasteiger charge is -2.18. The van der Waals surface area contributed by atoms with Crippen LogP contribution in [0.2, 0.25) is 0 Å². The predicted octanol–water partition coefficient (Wildman–Crippen LogP) is 24.1. The van der Waals surface area contributed by atoms with Gasteiger partial charge in [0.05, 0.1) is 0 Å². The van der Waals surface area contributed by atoms with E-state index in [1.807, 2.05) is 0 Å². The third kappa shape index (κ3) is 66.1. The Bertz CT molecular complexity index is 1360. The van der Waals surface area contributed by atoms with Gasteiger partial charge in [0, 0.05) is 19.3 Å². The summed E-state index contributed by atoms with van der Waals surface area (Å²) in [6.07, 6.45) is 85.6. The van der Waals surface area contributed by atoms with Gasteiger partial charge in [-0.25, -0.2) is 0 Å². The molecule has 0 aromatic rings. The number of unbranched alkanes of at least 4 members (excludes halogenated alkanes) is 46. The van der Waals surface area contributed by atoms with Gasteiger partial charge in [0.25, 0.3) is 0 Å². The summed E-state index contributed by atoms with van der Waals surface area (Å²) in [7, 11) is 0. The van der Waals surface area contributed by atoms with Crippen LogP contribution in [0.25, 0.3) is 0 Å². The second-order valence-electron chi connectivity index (χ2n) is 23.8. The van der Waals surface area contributed by atoms with Gasteiger partial charge in [0.2, 0.25) is 0 Å². The highest BCUT2D eigenvalue weighted by Gasteiger charge is 2.19. The summed E-state index contributed by atoms with van der Waals surface area (Å²) in [5.74, 6) is -0.853. The number of rotatable bonds is 65. The summed E-state index contributed by atoms with van der Waals surface area (Å²) in [5, 5.41) is 0. The smallest absolute Gasteiger partial charge is 0.306 e. The number of carbonyl (C=O) groups excluding carboxylic acids is 3. The van der Waals surface area contributed by atoms with E-state index in [1.165, 1.54) is 263 Å². The van der Waals surface area contributed by atoms with E-state index in [0.29, 0.717) is 19.3 Å². The van der Waals surface area contributed by atoms with Crippen molar-refractivity contribution in [2.24, 2.45) is 0 Å². The number of ether oxygens (including phenoxy) is 3. The van der Waals surface area contributed by atoms with Gasteiger partial charge in [-0.2, -0.15) is 0 Å². The fourth-order valence-corrected chi connectivity index (χ4v) is 10.5. The lowest BCUT2D eigenvalue weighted by molar-refractivity contribution is -0.167. The minimum absolute atomic E-state index is 0.0719. The Morgan fingerprint density at radius 1 is 0.253 bits per heavy atom. The van der Waals surface area contributed by atoms with E-state index in [1.54, 1.807) is 0 Å². The molecular weight excluding hydrogens is 973 g/mol. The first-order valence-corrected chi connectivity index (χ1v) is 35.1. The summed E-state index contributed by atoms with van der Waals surface area (Å²) < 4.78 is 17.0. The first-order chi connectivity index (χ1) is 39.0. The molecule has 0 saturated carbocycles. The van der Waals surface area contributed by atoms with Gasteiger partial charge in [-0.1, -0.05) is 326 Å². The largest absolute Gasteiger partial charge is 0.462 e. The second kappa shape index (κ2) is 67.9. The number of esters is 3. The van der Waals surface area contributed by atoms with E-state index in [4.69, 9.17) is 14.2 Å². The molecule has 6 heteroatoms. The predicted molar refractivity (Wildman–Crippen MR) is 344 cm³/mol. The van der Waals surface area contributed by atoms with E-state index >= 15 is 0 Å². The molecule has 0 amide bonds. The van der Waals surface area contributed by atoms with Crippen LogP contribution in [-0.4, -0.2) is 37.2 Å². The summed E-state index contributed by atoms with van der Waals surface area (Å²) >= 11 is 0. The van der Waals surface area contributed by atoms with Crippen molar-refractivity contribution in [2.75, 3.05) is 13.2 Å². The Hall–Kier alpha value is -2.63. The van der Waals surface area contributed by atoms with E-state index in [0.717, 1.165) is 77.0 Å². The highest BCUT2D eigenvalue weighted by molar-refractivity contribution is 5.71. The normalized spacial score (nSPS) is 12.3. The van der Waals surface area contributed by atoms with Crippen LogP contribution >= 0.6 is 0 Å². The maximum absolute atomic E-state index is 12.9. The molecule has 0 aromatic heterocycles. The fraction of sp³-hybridized carbons (Fsp3) is 0.849. The number of hydrogen-bond donors (Lipinski definition) is 0. The standard InChI is InChI=1S/C73H134O6/c1-4-7-10-13-16-19-22-25-28-31-34-35-36-37-38-39-40-43-45-48-51-54-57-60-63-66-72(75)78-69-70(79-73(76)67-64-61-58-55-52-49-46-42-33-30-27-24-21-18-15-12-9-6-3)68-77-71(74)65-62-59-56-53-50-47-44-41-32-29-26-23-20-17-14-11-8-5-2/h21-22,24-25,30-31,33-34,70H,4-20,23,26-29,32,35-69H2,1-3H3/b24-21-,25-22-,33-30-,34-31-. The average Bonchev–Trinajstić information content (AvgIpc) is 3.45. The molecule has 0 spiro atoms. The Labute approximate surface area is 492 Å². The number of allylic oxidation sites excluding steroid dienone is 8. The van der Waals surface area contributed by atoms with Crippen molar-refractivity contribution < 1.29 is 28.6 Å². The SMILES string of the molecule is CCCCCC/C=C\C/C=C\CCCCCCCCCC(=O)OC(COC(=O)CCCCCCCCCCCCCCC/C=C\C/C=C\CCCCCCC)COC(=O)CCCCCCCCCCCCCCCCCCCC. The molecule has 0 N–H and O–H groups in total. The second-order valence-corrected chi connectivity index (χ2v) is 23.8. The molecule has 1 unspecified atom stereocenters. The zero-order valence-corrected chi connectivity index (χ0v) is 53.2. The third-order valence-electron chi connectivity index (χ3n) is 15.8. The first kappa shape index (κ1) is 76.4. The van der Waals surface area contributed by atoms with Crippen LogP contribution in [0.5, 0.6) is 0 Å². The van der Waals surface area contributed by atoms with Gasteiger partial charge in [-0.15, -0.1) is 0 Å². The molecular formula is C73H134O6. The molecule has 0 fully saturated rings. The Balaban J connectivity index is 4.30. The van der Waals surface area contributed by atoms with Crippen molar-refractivity contribution in [3.63, 3.8) is 0 Å². The van der Waals surface area contributed by atoms with Gasteiger partial charge in [-0.3, -0.25) is 14.4 Å². The molecule has 0 bridgehead atoms. The van der Waals surface area contributed by atoms with Gasteiger partial charge >= 0.3 is 17.9 Å². The Morgan fingerprint density at radius 2 is 0.456 bits per heavy atom. The zero-order chi connectivity index (χ0) is 57.1. The summed E-state index contributed by atoms with van der Waals surface area (Å²) in [6.45, 7) is 6.68. The van der Waals surface area contributed by atoms with Crippen LogP contribution in [0.15, 0.2) is 48.6 Å². The van der Waals surface area contributed by atoms with Gasteiger partial charge in [-0.05, 0) is 83.5 Å². The maximum Gasteiger partial charge on any atom is 0.306 e. The maximum atomic E-state index is 12.9. The van der Waals surface area contributed by atoms with E-state index in [2.05, 4.69) is 69.4 Å². The minimum atomic E-state index is -0.777.